The zero-order chi connectivity index (χ0) is 17.4. The number of halogens is 2. The van der Waals surface area contributed by atoms with Crippen molar-refractivity contribution < 1.29 is 9.18 Å². The summed E-state index contributed by atoms with van der Waals surface area (Å²) in [6.45, 7) is 3.97. The summed E-state index contributed by atoms with van der Waals surface area (Å²) in [5, 5.41) is -0.457. The first-order valence-corrected chi connectivity index (χ1v) is 8.45. The van der Waals surface area contributed by atoms with Gasteiger partial charge in [0.25, 0.3) is 0 Å². The summed E-state index contributed by atoms with van der Waals surface area (Å²) in [6, 6.07) is 12.7. The molecule has 0 saturated heterocycles. The second-order valence-electron chi connectivity index (χ2n) is 6.09. The highest BCUT2D eigenvalue weighted by Crippen LogP contribution is 2.45. The van der Waals surface area contributed by atoms with E-state index in [1.807, 2.05) is 38.1 Å². The third kappa shape index (κ3) is 3.06. The lowest BCUT2D eigenvalue weighted by atomic mass is 9.89. The summed E-state index contributed by atoms with van der Waals surface area (Å²) in [6.07, 6.45) is 0.0802. The molecule has 0 fully saturated rings. The van der Waals surface area contributed by atoms with Crippen molar-refractivity contribution in [2.24, 2.45) is 0 Å². The van der Waals surface area contributed by atoms with Crippen molar-refractivity contribution in [2.75, 3.05) is 0 Å². The van der Waals surface area contributed by atoms with Crippen molar-refractivity contribution in [3.63, 3.8) is 0 Å². The molecule has 0 aromatic heterocycles. The quantitative estimate of drug-likeness (QED) is 0.403. The Kier molecular flexibility index (Phi) is 4.66. The molecule has 3 rings (SSSR count). The van der Waals surface area contributed by atoms with E-state index in [0.717, 1.165) is 38.3 Å². The van der Waals surface area contributed by atoms with Crippen LogP contribution in [-0.2, 0) is 4.79 Å². The molecule has 0 N–H and O–H groups in total. The van der Waals surface area contributed by atoms with Crippen molar-refractivity contribution in [3.8, 4) is 0 Å². The molecule has 0 spiro atoms. The van der Waals surface area contributed by atoms with E-state index in [9.17, 15) is 9.18 Å². The van der Waals surface area contributed by atoms with Crippen LogP contribution in [0.3, 0.4) is 0 Å². The molecule has 0 heterocycles. The first-order chi connectivity index (χ1) is 11.4. The standard InChI is InChI=1S/C20H16ClFOS/c1-11-3-5-13(6-4-11)20(24)19-12(2)16(10-18(21)23)17-9-14(22)7-8-15(17)19/h3-9,19H,10H2,1-2H3. The zero-order valence-corrected chi connectivity index (χ0v) is 15.0. The van der Waals surface area contributed by atoms with Crippen LogP contribution < -0.4 is 0 Å². The van der Waals surface area contributed by atoms with E-state index < -0.39 is 5.24 Å². The number of aryl methyl sites for hydroxylation is 1. The lowest BCUT2D eigenvalue weighted by Crippen LogP contribution is -2.11. The third-order valence-electron chi connectivity index (χ3n) is 4.47. The maximum Gasteiger partial charge on any atom is 0.226 e. The molecule has 0 bridgehead atoms. The Morgan fingerprint density at radius 2 is 1.83 bits per heavy atom. The van der Waals surface area contributed by atoms with Crippen molar-refractivity contribution in [1.29, 1.82) is 0 Å². The minimum atomic E-state index is -0.457. The van der Waals surface area contributed by atoms with Crippen LogP contribution in [0.25, 0.3) is 5.57 Å². The second-order valence-corrected chi connectivity index (χ2v) is 6.95. The SMILES string of the molecule is CC1=C(CC(=O)Cl)c2cc(F)ccc2C1C(=S)c1ccc(C)cc1. The van der Waals surface area contributed by atoms with Crippen molar-refractivity contribution in [1.82, 2.24) is 0 Å². The zero-order valence-electron chi connectivity index (χ0n) is 13.4. The van der Waals surface area contributed by atoms with Gasteiger partial charge in [0.05, 0.1) is 0 Å². The molecule has 122 valence electrons. The van der Waals surface area contributed by atoms with Gasteiger partial charge in [-0.15, -0.1) is 0 Å². The predicted octanol–water partition coefficient (Wildman–Crippen LogP) is 5.58. The van der Waals surface area contributed by atoms with Crippen LogP contribution in [0.2, 0.25) is 0 Å². The Balaban J connectivity index is 2.10. The minimum Gasteiger partial charge on any atom is -0.281 e. The van der Waals surface area contributed by atoms with Crippen LogP contribution in [0.1, 0.15) is 41.5 Å². The number of fused-ring (bicyclic) bond motifs is 1. The van der Waals surface area contributed by atoms with Gasteiger partial charge < -0.3 is 0 Å². The average Bonchev–Trinajstić information content (AvgIpc) is 2.79. The first kappa shape index (κ1) is 17.0. The molecule has 2 aromatic rings. The maximum absolute atomic E-state index is 13.7. The highest BCUT2D eigenvalue weighted by atomic mass is 35.5. The van der Waals surface area contributed by atoms with Gasteiger partial charge in [0.15, 0.2) is 0 Å². The molecule has 1 unspecified atom stereocenters. The molecular formula is C20H16ClFOS. The Hall–Kier alpha value is -1.84. The summed E-state index contributed by atoms with van der Waals surface area (Å²) in [5.74, 6) is -0.465. The number of allylic oxidation sites excluding steroid dienone is 2. The molecule has 1 aliphatic carbocycles. The van der Waals surface area contributed by atoms with Gasteiger partial charge in [0, 0.05) is 17.2 Å². The summed E-state index contributed by atoms with van der Waals surface area (Å²) in [5.41, 5.74) is 5.55. The van der Waals surface area contributed by atoms with Gasteiger partial charge in [0.2, 0.25) is 5.24 Å². The van der Waals surface area contributed by atoms with E-state index in [1.54, 1.807) is 6.07 Å². The fraction of sp³-hybridized carbons (Fsp3) is 0.200. The number of benzene rings is 2. The summed E-state index contributed by atoms with van der Waals surface area (Å²) < 4.78 is 13.7. The van der Waals surface area contributed by atoms with Gasteiger partial charge in [-0.3, -0.25) is 4.79 Å². The highest BCUT2D eigenvalue weighted by Gasteiger charge is 2.32. The Labute approximate surface area is 151 Å². The minimum absolute atomic E-state index is 0.0802. The smallest absolute Gasteiger partial charge is 0.226 e. The topological polar surface area (TPSA) is 17.1 Å². The molecule has 4 heteroatoms. The van der Waals surface area contributed by atoms with Gasteiger partial charge in [-0.05, 0) is 59.8 Å². The fourth-order valence-corrected chi connectivity index (χ4v) is 3.83. The van der Waals surface area contributed by atoms with Crippen molar-refractivity contribution >= 4 is 39.5 Å². The molecule has 1 atom stereocenters. The molecule has 0 saturated carbocycles. The van der Waals surface area contributed by atoms with Gasteiger partial charge in [-0.25, -0.2) is 4.39 Å². The van der Waals surface area contributed by atoms with Gasteiger partial charge in [-0.2, -0.15) is 0 Å². The van der Waals surface area contributed by atoms with Crippen molar-refractivity contribution in [3.05, 3.63) is 76.1 Å². The average molecular weight is 359 g/mol. The summed E-state index contributed by atoms with van der Waals surface area (Å²) in [7, 11) is 0. The van der Waals surface area contributed by atoms with Crippen LogP contribution in [-0.4, -0.2) is 10.1 Å². The number of carbonyl (C=O) groups excluding carboxylic acids is 1. The fourth-order valence-electron chi connectivity index (χ4n) is 3.26. The number of carbonyl (C=O) groups is 1. The number of rotatable bonds is 4. The van der Waals surface area contributed by atoms with E-state index in [4.69, 9.17) is 23.8 Å². The predicted molar refractivity (Wildman–Crippen MR) is 100 cm³/mol. The third-order valence-corrected chi connectivity index (χ3v) is 5.08. The van der Waals surface area contributed by atoms with Crippen LogP contribution in [0.15, 0.2) is 48.0 Å². The number of thiocarbonyl (C=S) groups is 1. The van der Waals surface area contributed by atoms with Crippen LogP contribution >= 0.6 is 23.8 Å². The van der Waals surface area contributed by atoms with Gasteiger partial charge >= 0.3 is 0 Å². The monoisotopic (exact) mass is 358 g/mol. The molecule has 24 heavy (non-hydrogen) atoms. The van der Waals surface area contributed by atoms with Crippen molar-refractivity contribution in [2.45, 2.75) is 26.2 Å². The molecular weight excluding hydrogens is 343 g/mol. The van der Waals surface area contributed by atoms with Crippen LogP contribution in [0.4, 0.5) is 4.39 Å². The second kappa shape index (κ2) is 6.58. The summed E-state index contributed by atoms with van der Waals surface area (Å²) >= 11 is 11.3. The maximum atomic E-state index is 13.7. The molecule has 0 amide bonds. The van der Waals surface area contributed by atoms with E-state index >= 15 is 0 Å². The Morgan fingerprint density at radius 1 is 1.17 bits per heavy atom. The Bertz CT molecular complexity index is 868. The van der Waals surface area contributed by atoms with Crippen LogP contribution in [0.5, 0.6) is 0 Å². The number of hydrogen-bond acceptors (Lipinski definition) is 2. The van der Waals surface area contributed by atoms with E-state index in [2.05, 4.69) is 0 Å². The highest BCUT2D eigenvalue weighted by molar-refractivity contribution is 7.81. The normalized spacial score (nSPS) is 16.2. The van der Waals surface area contributed by atoms with Crippen LogP contribution in [0, 0.1) is 12.7 Å². The molecule has 1 nitrogen and oxygen atoms in total. The molecule has 0 aliphatic heterocycles. The van der Waals surface area contributed by atoms with E-state index in [0.29, 0.717) is 0 Å². The Morgan fingerprint density at radius 3 is 2.46 bits per heavy atom. The molecule has 1 aliphatic rings. The summed E-state index contributed by atoms with van der Waals surface area (Å²) in [4.78, 5) is 12.2. The lowest BCUT2D eigenvalue weighted by Gasteiger charge is -2.16. The van der Waals surface area contributed by atoms with E-state index in [1.165, 1.54) is 12.1 Å². The largest absolute Gasteiger partial charge is 0.281 e. The lowest BCUT2D eigenvalue weighted by molar-refractivity contribution is -0.110. The van der Waals surface area contributed by atoms with Gasteiger partial charge in [-0.1, -0.05) is 53.7 Å². The number of hydrogen-bond donors (Lipinski definition) is 0. The van der Waals surface area contributed by atoms with Gasteiger partial charge in [0.1, 0.15) is 5.82 Å². The van der Waals surface area contributed by atoms with E-state index in [-0.39, 0.29) is 18.2 Å². The first-order valence-electron chi connectivity index (χ1n) is 7.67. The molecule has 0 radical (unpaired) electrons. The molecule has 2 aromatic carbocycles.